The second kappa shape index (κ2) is 5.30. The minimum Gasteiger partial charge on any atom is -0.394 e. The molecule has 0 amide bonds. The van der Waals surface area contributed by atoms with Crippen molar-refractivity contribution in [2.75, 3.05) is 6.61 Å². The van der Waals surface area contributed by atoms with E-state index in [1.165, 1.54) is 6.20 Å². The molecule has 0 aliphatic carbocycles. The van der Waals surface area contributed by atoms with E-state index in [9.17, 15) is 10.2 Å². The van der Waals surface area contributed by atoms with Gasteiger partial charge in [-0.25, -0.2) is 4.68 Å². The molecule has 1 aromatic heterocycles. The molecule has 2 aromatic rings. The second-order valence-corrected chi connectivity index (χ2v) is 4.25. The summed E-state index contributed by atoms with van der Waals surface area (Å²) in [6.45, 7) is 1.50. The second-order valence-electron chi connectivity index (χ2n) is 4.25. The van der Waals surface area contributed by atoms with Crippen LogP contribution in [0.5, 0.6) is 0 Å². The lowest BCUT2D eigenvalue weighted by molar-refractivity contribution is -0.0152. The van der Waals surface area contributed by atoms with Crippen LogP contribution < -0.4 is 0 Å². The minimum absolute atomic E-state index is 0.470. The highest BCUT2D eigenvalue weighted by Crippen LogP contribution is 2.18. The maximum Gasteiger partial charge on any atom is 0.110 e. The maximum atomic E-state index is 9.74. The molecule has 0 aliphatic rings. The summed E-state index contributed by atoms with van der Waals surface area (Å²) < 4.78 is 1.62. The first-order chi connectivity index (χ1) is 8.61. The van der Waals surface area contributed by atoms with Crippen molar-refractivity contribution in [3.8, 4) is 5.69 Å². The van der Waals surface area contributed by atoms with Gasteiger partial charge in [0.15, 0.2) is 0 Å². The number of nitrogens with zero attached hydrogens (tertiary/aromatic N) is 2. The Balaban J connectivity index is 2.25. The Bertz CT molecular complexity index is 524. The summed E-state index contributed by atoms with van der Waals surface area (Å²) >= 11 is 0. The van der Waals surface area contributed by atoms with Gasteiger partial charge in [-0.15, -0.1) is 0 Å². The van der Waals surface area contributed by atoms with E-state index in [0.717, 1.165) is 11.3 Å². The van der Waals surface area contributed by atoms with E-state index in [-0.39, 0.29) is 0 Å². The van der Waals surface area contributed by atoms with Gasteiger partial charge in [-0.3, -0.25) is 0 Å². The number of hydrogen-bond acceptors (Lipinski definition) is 4. The maximum absolute atomic E-state index is 9.74. The number of aliphatic hydroxyl groups excluding tert-OH is 3. The van der Waals surface area contributed by atoms with Gasteiger partial charge in [-0.2, -0.15) is 5.10 Å². The fraction of sp³-hybridized carbons (Fsp3) is 0.308. The Morgan fingerprint density at radius 1 is 1.33 bits per heavy atom. The molecule has 2 unspecified atom stereocenters. The predicted octanol–water partition coefficient (Wildman–Crippen LogP) is 0.567. The van der Waals surface area contributed by atoms with Gasteiger partial charge >= 0.3 is 0 Å². The lowest BCUT2D eigenvalue weighted by Gasteiger charge is -2.13. The van der Waals surface area contributed by atoms with Gasteiger partial charge in [0.2, 0.25) is 0 Å². The van der Waals surface area contributed by atoms with E-state index in [4.69, 9.17) is 5.11 Å². The average molecular weight is 248 g/mol. The van der Waals surface area contributed by atoms with E-state index in [1.54, 1.807) is 10.9 Å². The van der Waals surface area contributed by atoms with Crippen LogP contribution in [0, 0.1) is 6.92 Å². The normalized spacial score (nSPS) is 14.4. The summed E-state index contributed by atoms with van der Waals surface area (Å²) in [5.41, 5.74) is 2.46. The first kappa shape index (κ1) is 12.8. The van der Waals surface area contributed by atoms with Crippen molar-refractivity contribution in [1.29, 1.82) is 0 Å². The van der Waals surface area contributed by atoms with Crippen molar-refractivity contribution in [1.82, 2.24) is 9.78 Å². The van der Waals surface area contributed by atoms with Crippen molar-refractivity contribution in [3.63, 3.8) is 0 Å². The van der Waals surface area contributed by atoms with Crippen molar-refractivity contribution in [2.45, 2.75) is 19.1 Å². The zero-order valence-electron chi connectivity index (χ0n) is 10.1. The van der Waals surface area contributed by atoms with Gasteiger partial charge in [0.25, 0.3) is 0 Å². The van der Waals surface area contributed by atoms with Gasteiger partial charge in [0, 0.05) is 11.8 Å². The predicted molar refractivity (Wildman–Crippen MR) is 66.4 cm³/mol. The number of aliphatic hydroxyl groups is 3. The van der Waals surface area contributed by atoms with Crippen LogP contribution in [0.1, 0.15) is 17.2 Å². The van der Waals surface area contributed by atoms with Crippen LogP contribution >= 0.6 is 0 Å². The van der Waals surface area contributed by atoms with Crippen LogP contribution in [-0.4, -0.2) is 37.8 Å². The molecule has 0 saturated heterocycles. The monoisotopic (exact) mass is 248 g/mol. The quantitative estimate of drug-likeness (QED) is 0.739. The molecule has 0 spiro atoms. The number of rotatable bonds is 4. The molecule has 0 aliphatic heterocycles. The van der Waals surface area contributed by atoms with Gasteiger partial charge in [-0.1, -0.05) is 12.1 Å². The van der Waals surface area contributed by atoms with E-state index in [0.29, 0.717) is 5.56 Å². The Labute approximate surface area is 105 Å². The summed E-state index contributed by atoms with van der Waals surface area (Å²) in [7, 11) is 0. The van der Waals surface area contributed by atoms with Crippen LogP contribution in [0.2, 0.25) is 0 Å². The van der Waals surface area contributed by atoms with Crippen molar-refractivity contribution < 1.29 is 15.3 Å². The molecular weight excluding hydrogens is 232 g/mol. The summed E-state index contributed by atoms with van der Waals surface area (Å²) in [5.74, 6) is 0. The molecule has 18 heavy (non-hydrogen) atoms. The molecule has 5 nitrogen and oxygen atoms in total. The summed E-state index contributed by atoms with van der Waals surface area (Å²) in [6, 6.07) is 7.77. The van der Waals surface area contributed by atoms with Gasteiger partial charge < -0.3 is 15.3 Å². The highest BCUT2D eigenvalue weighted by Gasteiger charge is 2.19. The molecular formula is C13H16N2O3. The van der Waals surface area contributed by atoms with Gasteiger partial charge in [0.1, 0.15) is 12.2 Å². The molecule has 0 radical (unpaired) electrons. The zero-order chi connectivity index (χ0) is 13.1. The molecule has 0 fully saturated rings. The third-order valence-electron chi connectivity index (χ3n) is 2.76. The molecule has 96 valence electrons. The zero-order valence-corrected chi connectivity index (χ0v) is 10.1. The van der Waals surface area contributed by atoms with Crippen molar-refractivity contribution >= 4 is 0 Å². The summed E-state index contributed by atoms with van der Waals surface area (Å²) in [5, 5.41) is 32.0. The molecule has 0 bridgehead atoms. The summed E-state index contributed by atoms with van der Waals surface area (Å²) in [6.07, 6.45) is 0.790. The van der Waals surface area contributed by atoms with Crippen molar-refractivity contribution in [2.24, 2.45) is 0 Å². The molecule has 3 N–H and O–H groups in total. The van der Waals surface area contributed by atoms with E-state index >= 15 is 0 Å². The lowest BCUT2D eigenvalue weighted by atomic mass is 10.1. The van der Waals surface area contributed by atoms with Crippen LogP contribution in [0.4, 0.5) is 0 Å². The fourth-order valence-electron chi connectivity index (χ4n) is 1.72. The van der Waals surface area contributed by atoms with Crippen molar-refractivity contribution in [3.05, 3.63) is 47.8 Å². The molecule has 2 rings (SSSR count). The third-order valence-corrected chi connectivity index (χ3v) is 2.76. The molecule has 5 heteroatoms. The molecule has 2 atom stereocenters. The lowest BCUT2D eigenvalue weighted by Crippen LogP contribution is -2.21. The minimum atomic E-state index is -1.19. The Morgan fingerprint density at radius 3 is 2.78 bits per heavy atom. The first-order valence-corrected chi connectivity index (χ1v) is 5.70. The van der Waals surface area contributed by atoms with Gasteiger partial charge in [0.05, 0.1) is 18.5 Å². The topological polar surface area (TPSA) is 78.5 Å². The number of aryl methyl sites for hydroxylation is 1. The largest absolute Gasteiger partial charge is 0.394 e. The standard InChI is InChI=1S/C13H16N2O3/c1-9-3-2-4-11(5-9)15-7-10(6-14-15)13(18)12(17)8-16/h2-7,12-13,16-18H,8H2,1H3. The van der Waals surface area contributed by atoms with E-state index in [1.807, 2.05) is 31.2 Å². The Kier molecular flexibility index (Phi) is 3.76. The third kappa shape index (κ3) is 2.59. The van der Waals surface area contributed by atoms with Crippen LogP contribution in [0.25, 0.3) is 5.69 Å². The Morgan fingerprint density at radius 2 is 2.11 bits per heavy atom. The van der Waals surface area contributed by atoms with Crippen LogP contribution in [0.3, 0.4) is 0 Å². The smallest absolute Gasteiger partial charge is 0.110 e. The summed E-state index contributed by atoms with van der Waals surface area (Å²) in [4.78, 5) is 0. The average Bonchev–Trinajstić information content (AvgIpc) is 2.86. The number of aromatic nitrogens is 2. The van der Waals surface area contributed by atoms with Gasteiger partial charge in [-0.05, 0) is 24.6 Å². The molecule has 0 saturated carbocycles. The van der Waals surface area contributed by atoms with Crippen LogP contribution in [-0.2, 0) is 0 Å². The van der Waals surface area contributed by atoms with E-state index in [2.05, 4.69) is 5.10 Å². The van der Waals surface area contributed by atoms with E-state index < -0.39 is 18.8 Å². The van der Waals surface area contributed by atoms with Crippen LogP contribution in [0.15, 0.2) is 36.7 Å². The highest BCUT2D eigenvalue weighted by atomic mass is 16.4. The Hall–Kier alpha value is -1.69. The molecule has 1 heterocycles. The number of hydrogen-bond donors (Lipinski definition) is 3. The first-order valence-electron chi connectivity index (χ1n) is 5.70. The fourth-order valence-corrected chi connectivity index (χ4v) is 1.72. The highest BCUT2D eigenvalue weighted by molar-refractivity contribution is 5.35. The molecule has 1 aromatic carbocycles. The SMILES string of the molecule is Cc1cccc(-n2cc(C(O)C(O)CO)cn2)c1. The number of benzene rings is 1.